The van der Waals surface area contributed by atoms with Crippen molar-refractivity contribution in [3.8, 4) is 5.75 Å². The molecule has 0 amide bonds. The van der Waals surface area contributed by atoms with Gasteiger partial charge in [0.2, 0.25) is 0 Å². The molecular weight excluding hydrogens is 190 g/mol. The number of aromatic amines is 1. The van der Waals surface area contributed by atoms with Crippen molar-refractivity contribution in [2.45, 2.75) is 12.5 Å². The first-order chi connectivity index (χ1) is 7.27. The standard InChI is InChI=1S/C11H13N3O/c1-11(6-12-7-11)15-9-4-2-3-8-5-13-14-10(8)9/h2-5,12H,6-7H2,1H3,(H,13,14). The molecule has 2 N–H and O–H groups in total. The molecule has 1 aliphatic rings. The van der Waals surface area contributed by atoms with Gasteiger partial charge in [0.05, 0.1) is 6.20 Å². The number of aromatic nitrogens is 2. The highest BCUT2D eigenvalue weighted by Crippen LogP contribution is 2.27. The molecular formula is C11H13N3O. The van der Waals surface area contributed by atoms with Gasteiger partial charge in [-0.1, -0.05) is 12.1 Å². The number of nitrogens with one attached hydrogen (secondary N) is 2. The quantitative estimate of drug-likeness (QED) is 0.773. The van der Waals surface area contributed by atoms with Crippen LogP contribution in [0.15, 0.2) is 24.4 Å². The molecule has 0 bridgehead atoms. The highest BCUT2D eigenvalue weighted by atomic mass is 16.5. The van der Waals surface area contributed by atoms with Crippen molar-refractivity contribution in [3.63, 3.8) is 0 Å². The zero-order valence-electron chi connectivity index (χ0n) is 8.58. The Morgan fingerprint density at radius 1 is 1.40 bits per heavy atom. The van der Waals surface area contributed by atoms with Gasteiger partial charge in [-0.15, -0.1) is 0 Å². The van der Waals surface area contributed by atoms with Crippen LogP contribution in [0.3, 0.4) is 0 Å². The largest absolute Gasteiger partial charge is 0.483 e. The summed E-state index contributed by atoms with van der Waals surface area (Å²) >= 11 is 0. The van der Waals surface area contributed by atoms with Crippen LogP contribution in [0.1, 0.15) is 6.92 Å². The van der Waals surface area contributed by atoms with Crippen LogP contribution >= 0.6 is 0 Å². The second-order valence-corrected chi connectivity index (χ2v) is 4.25. The van der Waals surface area contributed by atoms with Crippen molar-refractivity contribution >= 4 is 10.9 Å². The third-order valence-electron chi connectivity index (χ3n) is 2.79. The van der Waals surface area contributed by atoms with E-state index < -0.39 is 0 Å². The summed E-state index contributed by atoms with van der Waals surface area (Å²) in [6, 6.07) is 5.99. The average Bonchev–Trinajstić information content (AvgIpc) is 2.64. The van der Waals surface area contributed by atoms with E-state index in [4.69, 9.17) is 4.74 Å². The Balaban J connectivity index is 1.99. The van der Waals surface area contributed by atoms with Crippen molar-refractivity contribution in [2.75, 3.05) is 13.1 Å². The van der Waals surface area contributed by atoms with Crippen molar-refractivity contribution in [2.24, 2.45) is 0 Å². The van der Waals surface area contributed by atoms with Gasteiger partial charge in [0.25, 0.3) is 0 Å². The fourth-order valence-corrected chi connectivity index (χ4v) is 1.84. The number of para-hydroxylation sites is 1. The Hall–Kier alpha value is -1.55. The summed E-state index contributed by atoms with van der Waals surface area (Å²) in [6.07, 6.45) is 1.81. The molecule has 4 nitrogen and oxygen atoms in total. The van der Waals surface area contributed by atoms with E-state index in [0.29, 0.717) is 0 Å². The number of rotatable bonds is 2. The SMILES string of the molecule is CC1(Oc2cccc3cn[nH]c23)CNC1. The van der Waals surface area contributed by atoms with Crippen LogP contribution in [0.2, 0.25) is 0 Å². The minimum absolute atomic E-state index is 0.0700. The molecule has 4 heteroatoms. The van der Waals surface area contributed by atoms with E-state index >= 15 is 0 Å². The predicted octanol–water partition coefficient (Wildman–Crippen LogP) is 1.30. The molecule has 1 fully saturated rings. The minimum Gasteiger partial charge on any atom is -0.483 e. The Morgan fingerprint density at radius 3 is 3.00 bits per heavy atom. The van der Waals surface area contributed by atoms with E-state index in [1.165, 1.54) is 0 Å². The zero-order chi connectivity index (χ0) is 10.3. The summed E-state index contributed by atoms with van der Waals surface area (Å²) in [5.74, 6) is 0.883. The second-order valence-electron chi connectivity index (χ2n) is 4.25. The molecule has 2 heterocycles. The zero-order valence-corrected chi connectivity index (χ0v) is 8.58. The molecule has 0 radical (unpaired) electrons. The first-order valence-electron chi connectivity index (χ1n) is 5.09. The summed E-state index contributed by atoms with van der Waals surface area (Å²) in [5, 5.41) is 11.3. The molecule has 1 saturated heterocycles. The second kappa shape index (κ2) is 2.97. The summed E-state index contributed by atoms with van der Waals surface area (Å²) < 4.78 is 5.98. The van der Waals surface area contributed by atoms with Gasteiger partial charge in [0.1, 0.15) is 16.9 Å². The monoisotopic (exact) mass is 203 g/mol. The number of ether oxygens (including phenoxy) is 1. The smallest absolute Gasteiger partial charge is 0.145 e. The maximum Gasteiger partial charge on any atom is 0.145 e. The van der Waals surface area contributed by atoms with E-state index in [2.05, 4.69) is 22.4 Å². The van der Waals surface area contributed by atoms with Gasteiger partial charge in [-0.05, 0) is 13.0 Å². The number of H-pyrrole nitrogens is 1. The van der Waals surface area contributed by atoms with E-state index in [1.807, 2.05) is 24.4 Å². The summed E-state index contributed by atoms with van der Waals surface area (Å²) in [7, 11) is 0. The van der Waals surface area contributed by atoms with Crippen molar-refractivity contribution in [1.82, 2.24) is 15.5 Å². The van der Waals surface area contributed by atoms with Gasteiger partial charge in [-0.3, -0.25) is 5.10 Å². The average molecular weight is 203 g/mol. The first kappa shape index (κ1) is 8.73. The summed E-state index contributed by atoms with van der Waals surface area (Å²) in [6.45, 7) is 3.91. The maximum atomic E-state index is 5.98. The van der Waals surface area contributed by atoms with Crippen molar-refractivity contribution in [3.05, 3.63) is 24.4 Å². The Kier molecular flexibility index (Phi) is 1.73. The van der Waals surface area contributed by atoms with Crippen LogP contribution in [0, 0.1) is 0 Å². The molecule has 1 aromatic heterocycles. The maximum absolute atomic E-state index is 5.98. The highest BCUT2D eigenvalue weighted by molar-refractivity contribution is 5.83. The molecule has 0 atom stereocenters. The normalized spacial score (nSPS) is 18.7. The van der Waals surface area contributed by atoms with E-state index in [0.717, 1.165) is 29.7 Å². The molecule has 1 aromatic carbocycles. The van der Waals surface area contributed by atoms with E-state index in [1.54, 1.807) is 0 Å². The third-order valence-corrected chi connectivity index (χ3v) is 2.79. The molecule has 15 heavy (non-hydrogen) atoms. The van der Waals surface area contributed by atoms with E-state index in [9.17, 15) is 0 Å². The first-order valence-corrected chi connectivity index (χ1v) is 5.09. The third kappa shape index (κ3) is 1.37. The van der Waals surface area contributed by atoms with Gasteiger partial charge < -0.3 is 10.1 Å². The molecule has 0 spiro atoms. The summed E-state index contributed by atoms with van der Waals surface area (Å²) in [5.41, 5.74) is 0.907. The lowest BCUT2D eigenvalue weighted by Gasteiger charge is -2.39. The summed E-state index contributed by atoms with van der Waals surface area (Å²) in [4.78, 5) is 0. The van der Waals surface area contributed by atoms with Gasteiger partial charge >= 0.3 is 0 Å². The van der Waals surface area contributed by atoms with Gasteiger partial charge in [0, 0.05) is 18.5 Å². The molecule has 1 aliphatic heterocycles. The lowest BCUT2D eigenvalue weighted by molar-refractivity contribution is 0.0362. The molecule has 2 aromatic rings. The predicted molar refractivity (Wildman–Crippen MR) is 58.0 cm³/mol. The van der Waals surface area contributed by atoms with Crippen LogP contribution in [-0.4, -0.2) is 28.9 Å². The molecule has 78 valence electrons. The molecule has 0 unspecified atom stereocenters. The van der Waals surface area contributed by atoms with Gasteiger partial charge in [-0.2, -0.15) is 5.10 Å². The Morgan fingerprint density at radius 2 is 2.27 bits per heavy atom. The number of benzene rings is 1. The van der Waals surface area contributed by atoms with Crippen LogP contribution in [0.25, 0.3) is 10.9 Å². The van der Waals surface area contributed by atoms with Crippen LogP contribution < -0.4 is 10.1 Å². The van der Waals surface area contributed by atoms with Gasteiger partial charge in [-0.25, -0.2) is 0 Å². The van der Waals surface area contributed by atoms with E-state index in [-0.39, 0.29) is 5.60 Å². The lowest BCUT2D eigenvalue weighted by atomic mass is 10.00. The Bertz CT molecular complexity index is 487. The number of hydrogen-bond donors (Lipinski definition) is 2. The fourth-order valence-electron chi connectivity index (χ4n) is 1.84. The fraction of sp³-hybridized carbons (Fsp3) is 0.364. The molecule has 0 aliphatic carbocycles. The Labute approximate surface area is 87.6 Å². The number of nitrogens with zero attached hydrogens (tertiary/aromatic N) is 1. The van der Waals surface area contributed by atoms with Crippen LogP contribution in [0.4, 0.5) is 0 Å². The molecule has 0 saturated carbocycles. The minimum atomic E-state index is -0.0700. The molecule has 3 rings (SSSR count). The van der Waals surface area contributed by atoms with Crippen molar-refractivity contribution in [1.29, 1.82) is 0 Å². The number of hydrogen-bond acceptors (Lipinski definition) is 3. The van der Waals surface area contributed by atoms with Crippen LogP contribution in [0.5, 0.6) is 5.75 Å². The number of fused-ring (bicyclic) bond motifs is 1. The van der Waals surface area contributed by atoms with Crippen molar-refractivity contribution < 1.29 is 4.74 Å². The topological polar surface area (TPSA) is 49.9 Å². The lowest BCUT2D eigenvalue weighted by Crippen LogP contribution is -2.61. The van der Waals surface area contributed by atoms with Crippen LogP contribution in [-0.2, 0) is 0 Å². The van der Waals surface area contributed by atoms with Gasteiger partial charge in [0.15, 0.2) is 0 Å². The highest BCUT2D eigenvalue weighted by Gasteiger charge is 2.34.